The highest BCUT2D eigenvalue weighted by molar-refractivity contribution is 5.94. The van der Waals surface area contributed by atoms with Crippen LogP contribution < -0.4 is 4.74 Å². The third kappa shape index (κ3) is 3.91. The van der Waals surface area contributed by atoms with Crippen molar-refractivity contribution in [3.8, 4) is 5.75 Å². The molecule has 0 aliphatic carbocycles. The van der Waals surface area contributed by atoms with E-state index in [1.54, 1.807) is 7.11 Å². The van der Waals surface area contributed by atoms with Gasteiger partial charge in [-0.3, -0.25) is 9.78 Å². The number of methoxy groups -OCH3 is 1. The maximum atomic E-state index is 13.0. The van der Waals surface area contributed by atoms with E-state index in [1.165, 1.54) is 0 Å². The van der Waals surface area contributed by atoms with Crippen LogP contribution in [0.1, 0.15) is 46.2 Å². The van der Waals surface area contributed by atoms with E-state index in [4.69, 9.17) is 9.72 Å². The van der Waals surface area contributed by atoms with Crippen molar-refractivity contribution in [2.45, 2.75) is 25.3 Å². The molecule has 2 aromatic carbocycles. The Hall–Kier alpha value is -3.14. The molecule has 4 heteroatoms. The molecular formula is C24H24N2O2. The number of nitrogens with zero attached hydrogens (tertiary/aromatic N) is 2. The fourth-order valence-electron chi connectivity index (χ4n) is 3.84. The van der Waals surface area contributed by atoms with E-state index in [1.807, 2.05) is 71.6 Å². The summed E-state index contributed by atoms with van der Waals surface area (Å²) in [5.41, 5.74) is 3.88. The van der Waals surface area contributed by atoms with E-state index in [0.717, 1.165) is 54.1 Å². The smallest absolute Gasteiger partial charge is 0.254 e. The molecule has 1 aliphatic heterocycles. The molecule has 0 unspecified atom stereocenters. The van der Waals surface area contributed by atoms with Crippen molar-refractivity contribution in [3.05, 3.63) is 95.3 Å². The summed E-state index contributed by atoms with van der Waals surface area (Å²) in [5, 5.41) is 0. The van der Waals surface area contributed by atoms with E-state index in [9.17, 15) is 4.79 Å². The SMILES string of the molecule is COc1cccc(Cc2cccc([C@@H]3CCCN3C(=O)c3ccccc3)n2)c1. The van der Waals surface area contributed by atoms with E-state index in [-0.39, 0.29) is 11.9 Å². The molecule has 0 radical (unpaired) electrons. The molecule has 1 atom stereocenters. The van der Waals surface area contributed by atoms with Gasteiger partial charge in [0, 0.05) is 24.2 Å². The lowest BCUT2D eigenvalue weighted by Crippen LogP contribution is -2.31. The Labute approximate surface area is 165 Å². The van der Waals surface area contributed by atoms with Crippen LogP contribution in [0.25, 0.3) is 0 Å². The van der Waals surface area contributed by atoms with Crippen molar-refractivity contribution >= 4 is 5.91 Å². The monoisotopic (exact) mass is 372 g/mol. The summed E-state index contributed by atoms with van der Waals surface area (Å²) in [6, 6.07) is 23.7. The standard InChI is InChI=1S/C24H24N2O2/c1-28-21-12-5-8-18(17-21)16-20-11-6-13-22(25-20)23-14-7-15-26(23)24(27)19-9-3-2-4-10-19/h2-6,8-13,17,23H,7,14-16H2,1H3/t23-/m0/s1. The summed E-state index contributed by atoms with van der Waals surface area (Å²) in [7, 11) is 1.68. The lowest BCUT2D eigenvalue weighted by Gasteiger charge is -2.25. The number of rotatable bonds is 5. The second-order valence-corrected chi connectivity index (χ2v) is 7.10. The first-order chi connectivity index (χ1) is 13.7. The minimum atomic E-state index is 0.0398. The Morgan fingerprint density at radius 2 is 1.89 bits per heavy atom. The molecule has 1 amide bonds. The van der Waals surface area contributed by atoms with Gasteiger partial charge >= 0.3 is 0 Å². The minimum absolute atomic E-state index is 0.0398. The van der Waals surface area contributed by atoms with Crippen LogP contribution in [0.4, 0.5) is 0 Å². The van der Waals surface area contributed by atoms with Crippen LogP contribution in [0.15, 0.2) is 72.8 Å². The van der Waals surface area contributed by atoms with Gasteiger partial charge in [-0.05, 0) is 54.8 Å². The van der Waals surface area contributed by atoms with Crippen LogP contribution in [0.2, 0.25) is 0 Å². The molecule has 4 nitrogen and oxygen atoms in total. The van der Waals surface area contributed by atoms with Gasteiger partial charge in [-0.1, -0.05) is 36.4 Å². The number of hydrogen-bond donors (Lipinski definition) is 0. The average molecular weight is 372 g/mol. The van der Waals surface area contributed by atoms with Gasteiger partial charge in [0.2, 0.25) is 0 Å². The van der Waals surface area contributed by atoms with Crippen LogP contribution in [0.5, 0.6) is 5.75 Å². The van der Waals surface area contributed by atoms with Crippen LogP contribution in [-0.2, 0) is 6.42 Å². The number of ether oxygens (including phenoxy) is 1. The molecule has 142 valence electrons. The molecule has 0 N–H and O–H groups in total. The van der Waals surface area contributed by atoms with Gasteiger partial charge in [0.1, 0.15) is 5.75 Å². The number of hydrogen-bond acceptors (Lipinski definition) is 3. The van der Waals surface area contributed by atoms with Crippen LogP contribution >= 0.6 is 0 Å². The number of aromatic nitrogens is 1. The second-order valence-electron chi connectivity index (χ2n) is 7.10. The van der Waals surface area contributed by atoms with Crippen molar-refractivity contribution in [2.75, 3.05) is 13.7 Å². The lowest BCUT2D eigenvalue weighted by atomic mass is 10.1. The van der Waals surface area contributed by atoms with Gasteiger partial charge in [-0.15, -0.1) is 0 Å². The Morgan fingerprint density at radius 3 is 2.71 bits per heavy atom. The number of carbonyl (C=O) groups excluding carboxylic acids is 1. The number of amides is 1. The van der Waals surface area contributed by atoms with Gasteiger partial charge in [-0.25, -0.2) is 0 Å². The number of benzene rings is 2. The Balaban J connectivity index is 1.55. The Kier molecular flexibility index (Phi) is 5.38. The van der Waals surface area contributed by atoms with Gasteiger partial charge in [0.05, 0.1) is 18.8 Å². The molecular weight excluding hydrogens is 348 g/mol. The lowest BCUT2D eigenvalue weighted by molar-refractivity contribution is 0.0733. The molecule has 2 heterocycles. The van der Waals surface area contributed by atoms with Gasteiger partial charge in [0.25, 0.3) is 5.91 Å². The van der Waals surface area contributed by atoms with E-state index in [2.05, 4.69) is 6.07 Å². The Morgan fingerprint density at radius 1 is 1.07 bits per heavy atom. The highest BCUT2D eigenvalue weighted by atomic mass is 16.5. The summed E-state index contributed by atoms with van der Waals surface area (Å²) in [5.74, 6) is 0.937. The van der Waals surface area contributed by atoms with Crippen molar-refractivity contribution < 1.29 is 9.53 Å². The van der Waals surface area contributed by atoms with Crippen molar-refractivity contribution in [1.82, 2.24) is 9.88 Å². The molecule has 0 spiro atoms. The van der Waals surface area contributed by atoms with Gasteiger partial charge < -0.3 is 9.64 Å². The van der Waals surface area contributed by atoms with Crippen LogP contribution in [0, 0.1) is 0 Å². The highest BCUT2D eigenvalue weighted by Gasteiger charge is 2.31. The van der Waals surface area contributed by atoms with Crippen molar-refractivity contribution in [1.29, 1.82) is 0 Å². The Bertz CT molecular complexity index is 956. The van der Waals surface area contributed by atoms with Gasteiger partial charge in [0.15, 0.2) is 0 Å². The topological polar surface area (TPSA) is 42.4 Å². The first-order valence-electron chi connectivity index (χ1n) is 9.69. The summed E-state index contributed by atoms with van der Waals surface area (Å²) in [6.45, 7) is 0.778. The fourth-order valence-corrected chi connectivity index (χ4v) is 3.84. The molecule has 28 heavy (non-hydrogen) atoms. The maximum absolute atomic E-state index is 13.0. The van der Waals surface area contributed by atoms with E-state index in [0.29, 0.717) is 0 Å². The summed E-state index contributed by atoms with van der Waals surface area (Å²) < 4.78 is 5.32. The third-order valence-electron chi connectivity index (χ3n) is 5.22. The first kappa shape index (κ1) is 18.2. The maximum Gasteiger partial charge on any atom is 0.254 e. The summed E-state index contributed by atoms with van der Waals surface area (Å²) >= 11 is 0. The number of carbonyl (C=O) groups is 1. The first-order valence-corrected chi connectivity index (χ1v) is 9.69. The molecule has 1 aliphatic rings. The van der Waals surface area contributed by atoms with Crippen LogP contribution in [0.3, 0.4) is 0 Å². The average Bonchev–Trinajstić information content (AvgIpc) is 3.24. The largest absolute Gasteiger partial charge is 0.497 e. The summed E-state index contributed by atoms with van der Waals surface area (Å²) in [6.07, 6.45) is 2.70. The van der Waals surface area contributed by atoms with E-state index < -0.39 is 0 Å². The molecule has 1 fully saturated rings. The zero-order chi connectivity index (χ0) is 19.3. The zero-order valence-electron chi connectivity index (χ0n) is 16.0. The normalized spacial score (nSPS) is 16.2. The fraction of sp³-hybridized carbons (Fsp3) is 0.250. The molecule has 1 saturated heterocycles. The van der Waals surface area contributed by atoms with Crippen LogP contribution in [-0.4, -0.2) is 29.4 Å². The summed E-state index contributed by atoms with van der Waals surface area (Å²) in [4.78, 5) is 19.8. The number of pyridine rings is 1. The molecule has 1 aromatic heterocycles. The van der Waals surface area contributed by atoms with Crippen molar-refractivity contribution in [3.63, 3.8) is 0 Å². The molecule has 0 saturated carbocycles. The minimum Gasteiger partial charge on any atom is -0.497 e. The predicted octanol–water partition coefficient (Wildman–Crippen LogP) is 4.66. The van der Waals surface area contributed by atoms with E-state index >= 15 is 0 Å². The zero-order valence-corrected chi connectivity index (χ0v) is 16.0. The number of likely N-dealkylation sites (tertiary alicyclic amines) is 1. The molecule has 3 aromatic rings. The predicted molar refractivity (Wildman–Crippen MR) is 109 cm³/mol. The third-order valence-corrected chi connectivity index (χ3v) is 5.22. The molecule has 0 bridgehead atoms. The second kappa shape index (κ2) is 8.26. The van der Waals surface area contributed by atoms with Gasteiger partial charge in [-0.2, -0.15) is 0 Å². The highest BCUT2D eigenvalue weighted by Crippen LogP contribution is 2.32. The quantitative estimate of drug-likeness (QED) is 0.654. The van der Waals surface area contributed by atoms with Crippen molar-refractivity contribution in [2.24, 2.45) is 0 Å². The molecule has 4 rings (SSSR count).